The SMILES string of the molecule is OC1Cc2c(S)cccc21. The minimum absolute atomic E-state index is 0.234. The Hall–Kier alpha value is -0.470. The number of aliphatic hydroxyl groups is 1. The Morgan fingerprint density at radius 2 is 2.30 bits per heavy atom. The van der Waals surface area contributed by atoms with Crippen LogP contribution >= 0.6 is 12.6 Å². The molecule has 1 unspecified atom stereocenters. The molecular formula is C8H8OS. The van der Waals surface area contributed by atoms with E-state index in [9.17, 15) is 5.11 Å². The topological polar surface area (TPSA) is 20.2 Å². The molecule has 1 aromatic carbocycles. The fourth-order valence-corrected chi connectivity index (χ4v) is 1.61. The van der Waals surface area contributed by atoms with E-state index in [2.05, 4.69) is 12.6 Å². The number of fused-ring (bicyclic) bond motifs is 1. The second-order valence-electron chi connectivity index (χ2n) is 2.56. The second-order valence-corrected chi connectivity index (χ2v) is 3.05. The van der Waals surface area contributed by atoms with Gasteiger partial charge in [0.25, 0.3) is 0 Å². The third-order valence-corrected chi connectivity index (χ3v) is 2.36. The van der Waals surface area contributed by atoms with Crippen LogP contribution in [-0.4, -0.2) is 5.11 Å². The highest BCUT2D eigenvalue weighted by Gasteiger charge is 2.24. The lowest BCUT2D eigenvalue weighted by Gasteiger charge is -2.26. The van der Waals surface area contributed by atoms with E-state index < -0.39 is 0 Å². The molecule has 1 aromatic rings. The van der Waals surface area contributed by atoms with Crippen LogP contribution in [0.3, 0.4) is 0 Å². The van der Waals surface area contributed by atoms with Gasteiger partial charge in [0.15, 0.2) is 0 Å². The summed E-state index contributed by atoms with van der Waals surface area (Å²) in [4.78, 5) is 1.00. The molecule has 0 radical (unpaired) electrons. The van der Waals surface area contributed by atoms with Crippen LogP contribution in [0.4, 0.5) is 0 Å². The molecule has 0 aromatic heterocycles. The van der Waals surface area contributed by atoms with Crippen molar-refractivity contribution in [1.29, 1.82) is 0 Å². The van der Waals surface area contributed by atoms with E-state index in [1.54, 1.807) is 0 Å². The van der Waals surface area contributed by atoms with Gasteiger partial charge in [0, 0.05) is 11.3 Å². The summed E-state index contributed by atoms with van der Waals surface area (Å²) in [7, 11) is 0. The van der Waals surface area contributed by atoms with E-state index in [1.165, 1.54) is 5.56 Å². The number of benzene rings is 1. The first-order valence-corrected chi connectivity index (χ1v) is 3.72. The summed E-state index contributed by atoms with van der Waals surface area (Å²) < 4.78 is 0. The summed E-state index contributed by atoms with van der Waals surface area (Å²) in [6.45, 7) is 0. The predicted molar refractivity (Wildman–Crippen MR) is 42.4 cm³/mol. The number of hydrogen-bond acceptors (Lipinski definition) is 2. The maximum atomic E-state index is 9.19. The van der Waals surface area contributed by atoms with Crippen molar-refractivity contribution < 1.29 is 5.11 Å². The molecule has 1 aliphatic carbocycles. The molecule has 0 bridgehead atoms. The van der Waals surface area contributed by atoms with Crippen molar-refractivity contribution in [3.05, 3.63) is 29.3 Å². The maximum Gasteiger partial charge on any atom is 0.0833 e. The Balaban J connectivity index is 2.56. The maximum absolute atomic E-state index is 9.19. The minimum Gasteiger partial charge on any atom is -0.388 e. The molecule has 0 heterocycles. The molecule has 1 N–H and O–H groups in total. The van der Waals surface area contributed by atoms with Gasteiger partial charge in [-0.25, -0.2) is 0 Å². The predicted octanol–water partition coefficient (Wildman–Crippen LogP) is 1.56. The lowest BCUT2D eigenvalue weighted by molar-refractivity contribution is 0.152. The molecule has 1 aliphatic rings. The van der Waals surface area contributed by atoms with Gasteiger partial charge in [-0.2, -0.15) is 0 Å². The first-order valence-electron chi connectivity index (χ1n) is 3.28. The largest absolute Gasteiger partial charge is 0.388 e. The second kappa shape index (κ2) is 2.01. The van der Waals surface area contributed by atoms with Crippen LogP contribution in [0, 0.1) is 0 Å². The fourth-order valence-electron chi connectivity index (χ4n) is 1.30. The van der Waals surface area contributed by atoms with Crippen LogP contribution in [0.15, 0.2) is 23.1 Å². The van der Waals surface area contributed by atoms with E-state index in [0.29, 0.717) is 0 Å². The summed E-state index contributed by atoms with van der Waals surface area (Å²) in [6, 6.07) is 5.82. The zero-order valence-electron chi connectivity index (χ0n) is 5.41. The normalized spacial score (nSPS) is 21.6. The van der Waals surface area contributed by atoms with E-state index in [1.807, 2.05) is 18.2 Å². The van der Waals surface area contributed by atoms with E-state index in [-0.39, 0.29) is 6.10 Å². The summed E-state index contributed by atoms with van der Waals surface area (Å²) >= 11 is 4.25. The van der Waals surface area contributed by atoms with Gasteiger partial charge in [0.05, 0.1) is 6.10 Å². The quantitative estimate of drug-likeness (QED) is 0.541. The fraction of sp³-hybridized carbons (Fsp3) is 0.250. The minimum atomic E-state index is -0.234. The molecule has 0 saturated carbocycles. The van der Waals surface area contributed by atoms with Gasteiger partial charge in [-0.05, 0) is 17.2 Å². The molecule has 0 amide bonds. The lowest BCUT2D eigenvalue weighted by atomic mass is 9.86. The van der Waals surface area contributed by atoms with Crippen LogP contribution in [0.5, 0.6) is 0 Å². The van der Waals surface area contributed by atoms with Crippen molar-refractivity contribution in [2.24, 2.45) is 0 Å². The van der Waals surface area contributed by atoms with Crippen molar-refractivity contribution in [3.63, 3.8) is 0 Å². The Kier molecular flexibility index (Phi) is 1.25. The van der Waals surface area contributed by atoms with Crippen molar-refractivity contribution in [1.82, 2.24) is 0 Å². The summed E-state index contributed by atoms with van der Waals surface area (Å²) in [5, 5.41) is 9.19. The lowest BCUT2D eigenvalue weighted by Crippen LogP contribution is -2.16. The Bertz CT molecular complexity index is 270. The zero-order chi connectivity index (χ0) is 7.14. The molecule has 0 aliphatic heterocycles. The number of rotatable bonds is 0. The molecule has 0 saturated heterocycles. The number of aliphatic hydroxyl groups excluding tert-OH is 1. The summed E-state index contributed by atoms with van der Waals surface area (Å²) in [5.74, 6) is 0. The number of hydrogen-bond donors (Lipinski definition) is 2. The van der Waals surface area contributed by atoms with E-state index in [4.69, 9.17) is 0 Å². The highest BCUT2D eigenvalue weighted by Crippen LogP contribution is 2.36. The van der Waals surface area contributed by atoms with Crippen LogP contribution in [-0.2, 0) is 6.42 Å². The van der Waals surface area contributed by atoms with Crippen molar-refractivity contribution in [3.8, 4) is 0 Å². The Labute approximate surface area is 65.1 Å². The van der Waals surface area contributed by atoms with Crippen LogP contribution in [0.25, 0.3) is 0 Å². The van der Waals surface area contributed by atoms with Crippen LogP contribution in [0.2, 0.25) is 0 Å². The Morgan fingerprint density at radius 1 is 1.50 bits per heavy atom. The molecule has 52 valence electrons. The first kappa shape index (κ1) is 6.25. The van der Waals surface area contributed by atoms with Gasteiger partial charge in [-0.1, -0.05) is 12.1 Å². The molecule has 0 spiro atoms. The first-order chi connectivity index (χ1) is 4.79. The summed E-state index contributed by atoms with van der Waals surface area (Å²) in [6.07, 6.45) is 0.539. The van der Waals surface area contributed by atoms with Gasteiger partial charge >= 0.3 is 0 Å². The van der Waals surface area contributed by atoms with Gasteiger partial charge in [0.2, 0.25) is 0 Å². The molecule has 0 fully saturated rings. The van der Waals surface area contributed by atoms with Crippen molar-refractivity contribution in [2.75, 3.05) is 0 Å². The smallest absolute Gasteiger partial charge is 0.0833 e. The van der Waals surface area contributed by atoms with Crippen molar-refractivity contribution >= 4 is 12.6 Å². The molecule has 1 nitrogen and oxygen atoms in total. The van der Waals surface area contributed by atoms with Gasteiger partial charge in [-0.15, -0.1) is 12.6 Å². The molecular weight excluding hydrogens is 144 g/mol. The molecule has 2 heteroatoms. The van der Waals surface area contributed by atoms with Crippen LogP contribution < -0.4 is 0 Å². The third kappa shape index (κ3) is 0.693. The summed E-state index contributed by atoms with van der Waals surface area (Å²) in [5.41, 5.74) is 2.26. The number of thiol groups is 1. The highest BCUT2D eigenvalue weighted by atomic mass is 32.1. The highest BCUT2D eigenvalue weighted by molar-refractivity contribution is 7.80. The molecule has 2 rings (SSSR count). The Morgan fingerprint density at radius 3 is 2.90 bits per heavy atom. The standard InChI is InChI=1S/C8H8OS/c9-7-4-6-5(7)2-1-3-8(6)10/h1-3,7,9-10H,4H2. The monoisotopic (exact) mass is 152 g/mol. The van der Waals surface area contributed by atoms with Gasteiger partial charge < -0.3 is 5.11 Å². The van der Waals surface area contributed by atoms with Crippen molar-refractivity contribution in [2.45, 2.75) is 17.4 Å². The third-order valence-electron chi connectivity index (χ3n) is 1.94. The van der Waals surface area contributed by atoms with Gasteiger partial charge in [-0.3, -0.25) is 0 Å². The van der Waals surface area contributed by atoms with Gasteiger partial charge in [0.1, 0.15) is 0 Å². The molecule has 10 heavy (non-hydrogen) atoms. The van der Waals surface area contributed by atoms with E-state index >= 15 is 0 Å². The average Bonchev–Trinajstić information content (AvgIpc) is 1.91. The van der Waals surface area contributed by atoms with E-state index in [0.717, 1.165) is 16.9 Å². The van der Waals surface area contributed by atoms with Crippen LogP contribution in [0.1, 0.15) is 17.2 Å². The average molecular weight is 152 g/mol. The molecule has 1 atom stereocenters. The zero-order valence-corrected chi connectivity index (χ0v) is 6.31.